The highest BCUT2D eigenvalue weighted by Gasteiger charge is 2.14. The molecule has 0 spiro atoms. The number of carboxylic acid groups (broad SMARTS) is 1. The van der Waals surface area contributed by atoms with Crippen LogP contribution in [0.15, 0.2) is 24.3 Å². The van der Waals surface area contributed by atoms with E-state index in [-0.39, 0.29) is 24.5 Å². The number of rotatable bonds is 34. The highest BCUT2D eigenvalue weighted by atomic mass is 16.5. The maximum absolute atomic E-state index is 12.6. The highest BCUT2D eigenvalue weighted by molar-refractivity contribution is 5.80. The van der Waals surface area contributed by atoms with Gasteiger partial charge in [0.2, 0.25) is 5.91 Å². The summed E-state index contributed by atoms with van der Waals surface area (Å²) in [5.41, 5.74) is 0. The van der Waals surface area contributed by atoms with Crippen LogP contribution in [0.3, 0.4) is 0 Å². The normalized spacial score (nSPS) is 12.2. The van der Waals surface area contributed by atoms with E-state index in [9.17, 15) is 14.4 Å². The van der Waals surface area contributed by atoms with E-state index in [1.807, 2.05) is 0 Å². The molecule has 0 aliphatic carbocycles. The summed E-state index contributed by atoms with van der Waals surface area (Å²) in [7, 11) is 0. The van der Waals surface area contributed by atoms with Gasteiger partial charge in [0, 0.05) is 12.8 Å². The molecule has 1 unspecified atom stereocenters. The monoisotopic (exact) mass is 634 g/mol. The molecule has 0 bridgehead atoms. The van der Waals surface area contributed by atoms with Crippen molar-refractivity contribution in [3.8, 4) is 0 Å². The minimum Gasteiger partial charge on any atom is -0.480 e. The van der Waals surface area contributed by atoms with Gasteiger partial charge in [-0.3, -0.25) is 14.4 Å². The van der Waals surface area contributed by atoms with Crippen molar-refractivity contribution in [3.63, 3.8) is 0 Å². The summed E-state index contributed by atoms with van der Waals surface area (Å²) >= 11 is 0. The van der Waals surface area contributed by atoms with E-state index in [2.05, 4.69) is 43.5 Å². The lowest BCUT2D eigenvalue weighted by molar-refractivity contribution is -0.150. The van der Waals surface area contributed by atoms with Gasteiger partial charge in [-0.25, -0.2) is 0 Å². The number of hydrogen-bond acceptors (Lipinski definition) is 4. The van der Waals surface area contributed by atoms with Gasteiger partial charge in [0.05, 0.1) is 0 Å². The molecule has 0 saturated carbocycles. The van der Waals surface area contributed by atoms with Crippen molar-refractivity contribution in [2.24, 2.45) is 0 Å². The molecule has 0 saturated heterocycles. The maximum atomic E-state index is 12.6. The van der Waals surface area contributed by atoms with Crippen LogP contribution in [0.5, 0.6) is 0 Å². The van der Waals surface area contributed by atoms with E-state index in [0.29, 0.717) is 12.8 Å². The Kier molecular flexibility index (Phi) is 33.1. The van der Waals surface area contributed by atoms with Gasteiger partial charge in [-0.05, 0) is 70.6 Å². The number of hydrogen-bond donors (Lipinski definition) is 2. The molecule has 6 nitrogen and oxygen atoms in total. The molecule has 262 valence electrons. The number of esters is 1. The van der Waals surface area contributed by atoms with E-state index in [4.69, 9.17) is 9.84 Å². The molecule has 1 amide bonds. The number of carboxylic acids is 1. The van der Waals surface area contributed by atoms with Gasteiger partial charge in [0.1, 0.15) is 12.6 Å². The number of amides is 1. The zero-order valence-corrected chi connectivity index (χ0v) is 29.5. The summed E-state index contributed by atoms with van der Waals surface area (Å²) < 4.78 is 5.94. The number of allylic oxidation sites excluding steroid dienone is 4. The van der Waals surface area contributed by atoms with Gasteiger partial charge in [-0.15, -0.1) is 0 Å². The van der Waals surface area contributed by atoms with Crippen molar-refractivity contribution in [1.29, 1.82) is 0 Å². The van der Waals surface area contributed by atoms with Crippen LogP contribution in [-0.4, -0.2) is 35.6 Å². The van der Waals surface area contributed by atoms with Crippen molar-refractivity contribution in [2.45, 2.75) is 200 Å². The Bertz CT molecular complexity index is 748. The van der Waals surface area contributed by atoms with Gasteiger partial charge in [0.25, 0.3) is 0 Å². The molecule has 0 fully saturated rings. The Morgan fingerprint density at radius 2 is 1.02 bits per heavy atom. The molecule has 0 aromatic heterocycles. The van der Waals surface area contributed by atoms with Crippen molar-refractivity contribution in [3.05, 3.63) is 24.3 Å². The van der Waals surface area contributed by atoms with Crippen LogP contribution in [0, 0.1) is 0 Å². The third kappa shape index (κ3) is 34.6. The Labute approximate surface area is 277 Å². The lowest BCUT2D eigenvalue weighted by Crippen LogP contribution is -2.28. The smallest absolute Gasteiger partial charge is 0.322 e. The van der Waals surface area contributed by atoms with Gasteiger partial charge in [-0.1, -0.05) is 134 Å². The number of carbonyl (C=O) groups is 3. The standard InChI is InChI=1S/C39H71NO5/c1-3-5-7-9-11-12-13-14-15-16-17-18-19-20-21-22-24-30-34-39(44)45-36(31-27-23-10-8-6-4-2)32-28-25-26-29-33-37(41)40-35-38(42)43/h12-13,15-16,36H,3-11,14,17-35H2,1-2H3,(H,40,41)(H,42,43)/b13-12-,16-15-. The summed E-state index contributed by atoms with van der Waals surface area (Å²) in [6.07, 6.45) is 40.1. The quantitative estimate of drug-likeness (QED) is 0.0418. The second-order valence-electron chi connectivity index (χ2n) is 12.8. The number of carbonyl (C=O) groups excluding carboxylic acids is 2. The largest absolute Gasteiger partial charge is 0.480 e. The average molecular weight is 634 g/mol. The first-order valence-electron chi connectivity index (χ1n) is 19.0. The van der Waals surface area contributed by atoms with E-state index >= 15 is 0 Å². The van der Waals surface area contributed by atoms with Gasteiger partial charge in [0.15, 0.2) is 0 Å². The Morgan fingerprint density at radius 1 is 0.578 bits per heavy atom. The Balaban J connectivity index is 3.97. The van der Waals surface area contributed by atoms with Crippen molar-refractivity contribution >= 4 is 17.8 Å². The molecular formula is C39H71NO5. The Morgan fingerprint density at radius 3 is 1.56 bits per heavy atom. The lowest BCUT2D eigenvalue weighted by atomic mass is 10.0. The van der Waals surface area contributed by atoms with Gasteiger partial charge < -0.3 is 15.2 Å². The summed E-state index contributed by atoms with van der Waals surface area (Å²) in [6, 6.07) is 0. The van der Waals surface area contributed by atoms with E-state index in [1.165, 1.54) is 103 Å². The van der Waals surface area contributed by atoms with Crippen LogP contribution < -0.4 is 5.32 Å². The molecule has 0 heterocycles. The second kappa shape index (κ2) is 34.8. The maximum Gasteiger partial charge on any atom is 0.322 e. The zero-order valence-electron chi connectivity index (χ0n) is 29.5. The summed E-state index contributed by atoms with van der Waals surface area (Å²) in [4.78, 5) is 34.8. The fourth-order valence-electron chi connectivity index (χ4n) is 5.54. The minimum atomic E-state index is -1.02. The van der Waals surface area contributed by atoms with Crippen molar-refractivity contribution in [1.82, 2.24) is 5.32 Å². The van der Waals surface area contributed by atoms with E-state index in [0.717, 1.165) is 64.2 Å². The van der Waals surface area contributed by atoms with Gasteiger partial charge in [-0.2, -0.15) is 0 Å². The molecule has 0 aromatic rings. The fourth-order valence-corrected chi connectivity index (χ4v) is 5.54. The number of aliphatic carboxylic acids is 1. The molecule has 1 atom stereocenters. The van der Waals surface area contributed by atoms with Crippen LogP contribution >= 0.6 is 0 Å². The van der Waals surface area contributed by atoms with Crippen LogP contribution in [-0.2, 0) is 19.1 Å². The average Bonchev–Trinajstić information content (AvgIpc) is 3.02. The van der Waals surface area contributed by atoms with Crippen LogP contribution in [0.1, 0.15) is 194 Å². The van der Waals surface area contributed by atoms with Gasteiger partial charge >= 0.3 is 11.9 Å². The summed E-state index contributed by atoms with van der Waals surface area (Å²) in [5.74, 6) is -1.27. The van der Waals surface area contributed by atoms with E-state index < -0.39 is 5.97 Å². The predicted octanol–water partition coefficient (Wildman–Crippen LogP) is 11.2. The third-order valence-corrected chi connectivity index (χ3v) is 8.38. The second-order valence-corrected chi connectivity index (χ2v) is 12.8. The number of unbranched alkanes of at least 4 members (excludes halogenated alkanes) is 19. The zero-order chi connectivity index (χ0) is 33.1. The molecule has 0 aliphatic heterocycles. The summed E-state index contributed by atoms with van der Waals surface area (Å²) in [5, 5.41) is 11.0. The third-order valence-electron chi connectivity index (χ3n) is 8.38. The number of ether oxygens (including phenoxy) is 1. The molecule has 6 heteroatoms. The van der Waals surface area contributed by atoms with Crippen LogP contribution in [0.2, 0.25) is 0 Å². The first kappa shape index (κ1) is 42.9. The fraction of sp³-hybridized carbons (Fsp3) is 0.821. The van der Waals surface area contributed by atoms with E-state index in [1.54, 1.807) is 0 Å². The summed E-state index contributed by atoms with van der Waals surface area (Å²) in [6.45, 7) is 4.17. The van der Waals surface area contributed by atoms with Crippen molar-refractivity contribution < 1.29 is 24.2 Å². The number of nitrogens with one attached hydrogen (secondary N) is 1. The molecular weight excluding hydrogens is 562 g/mol. The first-order chi connectivity index (χ1) is 22.0. The minimum absolute atomic E-state index is 0.00293. The lowest BCUT2D eigenvalue weighted by Gasteiger charge is -2.18. The van der Waals surface area contributed by atoms with Crippen LogP contribution in [0.4, 0.5) is 0 Å². The highest BCUT2D eigenvalue weighted by Crippen LogP contribution is 2.18. The topological polar surface area (TPSA) is 92.7 Å². The molecule has 0 aliphatic rings. The Hall–Kier alpha value is -2.11. The predicted molar refractivity (Wildman–Crippen MR) is 189 cm³/mol. The molecule has 0 aromatic carbocycles. The van der Waals surface area contributed by atoms with Crippen LogP contribution in [0.25, 0.3) is 0 Å². The molecule has 45 heavy (non-hydrogen) atoms. The molecule has 2 N–H and O–H groups in total. The van der Waals surface area contributed by atoms with Crippen molar-refractivity contribution in [2.75, 3.05) is 6.54 Å². The first-order valence-corrected chi connectivity index (χ1v) is 19.0. The molecule has 0 radical (unpaired) electrons. The molecule has 0 rings (SSSR count). The SMILES string of the molecule is CCCCCC/C=C\C/C=C\CCCCCCCCCC(=O)OC(CCCCCCCC)CCCCCCC(=O)NCC(=O)O.